The summed E-state index contributed by atoms with van der Waals surface area (Å²) in [5.74, 6) is -0.710. The van der Waals surface area contributed by atoms with E-state index in [0.717, 1.165) is 5.56 Å². The molecule has 10 heteroatoms. The number of carbonyl (C=O) groups excluding carboxylic acids is 1. The molecule has 1 amide bonds. The van der Waals surface area contributed by atoms with Gasteiger partial charge in [-0.25, -0.2) is 12.8 Å². The Kier molecular flexibility index (Phi) is 8.04. The summed E-state index contributed by atoms with van der Waals surface area (Å²) in [6, 6.07) is 12.1. The molecule has 33 heavy (non-hydrogen) atoms. The molecule has 2 aromatic carbocycles. The normalized spacial score (nSPS) is 12.3. The number of hydrogen-bond acceptors (Lipinski definition) is 6. The fourth-order valence-electron chi connectivity index (χ4n) is 3.03. The number of hydrogen-bond donors (Lipinski definition) is 1. The number of aryl methyl sites for hydroxylation is 1. The Morgan fingerprint density at radius 1 is 1.18 bits per heavy atom. The Balaban J connectivity index is 1.80. The van der Waals surface area contributed by atoms with E-state index < -0.39 is 15.1 Å². The van der Waals surface area contributed by atoms with E-state index in [1.165, 1.54) is 36.0 Å². The third-order valence-corrected chi connectivity index (χ3v) is 7.80. The average molecular weight is 489 g/mol. The van der Waals surface area contributed by atoms with Gasteiger partial charge in [-0.05, 0) is 49.7 Å². The van der Waals surface area contributed by atoms with Gasteiger partial charge >= 0.3 is 0 Å². The van der Waals surface area contributed by atoms with Crippen molar-refractivity contribution in [2.24, 2.45) is 0 Å². The number of nitrogens with one attached hydrogen (secondary N) is 1. The molecule has 0 saturated carbocycles. The lowest BCUT2D eigenvalue weighted by Crippen LogP contribution is -2.25. The second-order valence-corrected chi connectivity index (χ2v) is 10.5. The van der Waals surface area contributed by atoms with E-state index in [-0.39, 0.29) is 28.2 Å². The number of halogens is 1. The van der Waals surface area contributed by atoms with Crippen molar-refractivity contribution in [3.63, 3.8) is 0 Å². The van der Waals surface area contributed by atoms with Crippen molar-refractivity contribution in [1.82, 2.24) is 14.8 Å². The SMILES string of the molecule is C=CCn1c(CS(=O)(=O)c2ccc(C)cc2)nnc1SC(CC)C(=O)Nc1ccc(F)cc1. The smallest absolute Gasteiger partial charge is 0.237 e. The summed E-state index contributed by atoms with van der Waals surface area (Å²) in [4.78, 5) is 13.0. The minimum atomic E-state index is -3.63. The Hall–Kier alpha value is -2.98. The fourth-order valence-corrected chi connectivity index (χ4v) is 5.28. The van der Waals surface area contributed by atoms with Gasteiger partial charge in [-0.3, -0.25) is 4.79 Å². The summed E-state index contributed by atoms with van der Waals surface area (Å²) in [7, 11) is -3.63. The summed E-state index contributed by atoms with van der Waals surface area (Å²) >= 11 is 1.19. The molecule has 0 bridgehead atoms. The van der Waals surface area contributed by atoms with Gasteiger partial charge in [-0.15, -0.1) is 16.8 Å². The number of sulfone groups is 1. The van der Waals surface area contributed by atoms with Crippen molar-refractivity contribution in [2.75, 3.05) is 5.32 Å². The highest BCUT2D eigenvalue weighted by atomic mass is 32.2. The molecule has 174 valence electrons. The van der Waals surface area contributed by atoms with Crippen molar-refractivity contribution < 1.29 is 17.6 Å². The van der Waals surface area contributed by atoms with Crippen molar-refractivity contribution in [2.45, 2.75) is 47.9 Å². The number of allylic oxidation sites excluding steroid dienone is 1. The van der Waals surface area contributed by atoms with Gasteiger partial charge in [0.2, 0.25) is 5.91 Å². The minimum absolute atomic E-state index is 0.209. The monoisotopic (exact) mass is 488 g/mol. The van der Waals surface area contributed by atoms with E-state index >= 15 is 0 Å². The molecule has 0 aliphatic heterocycles. The van der Waals surface area contributed by atoms with Crippen LogP contribution in [0.25, 0.3) is 0 Å². The number of rotatable bonds is 10. The summed E-state index contributed by atoms with van der Waals surface area (Å²) in [6.07, 6.45) is 2.12. The molecule has 1 atom stereocenters. The molecule has 1 aromatic heterocycles. The number of nitrogens with zero attached hydrogens (tertiary/aromatic N) is 3. The van der Waals surface area contributed by atoms with Crippen molar-refractivity contribution in [3.05, 3.63) is 78.4 Å². The summed E-state index contributed by atoms with van der Waals surface area (Å²) < 4.78 is 40.5. The van der Waals surface area contributed by atoms with Gasteiger partial charge in [0.15, 0.2) is 15.0 Å². The number of thioether (sulfide) groups is 1. The van der Waals surface area contributed by atoms with Gasteiger partial charge in [-0.1, -0.05) is 42.5 Å². The van der Waals surface area contributed by atoms with Crippen molar-refractivity contribution in [3.8, 4) is 0 Å². The molecule has 3 rings (SSSR count). The number of carbonyl (C=O) groups is 1. The molecule has 0 aliphatic rings. The van der Waals surface area contributed by atoms with Gasteiger partial charge in [0, 0.05) is 12.2 Å². The zero-order valence-electron chi connectivity index (χ0n) is 18.4. The molecular formula is C23H25FN4O3S2. The van der Waals surface area contributed by atoms with E-state index in [9.17, 15) is 17.6 Å². The van der Waals surface area contributed by atoms with E-state index in [2.05, 4.69) is 22.1 Å². The van der Waals surface area contributed by atoms with E-state index in [1.54, 1.807) is 34.9 Å². The highest BCUT2D eigenvalue weighted by molar-refractivity contribution is 8.00. The Labute approximate surface area is 197 Å². The zero-order valence-corrected chi connectivity index (χ0v) is 20.0. The second-order valence-electron chi connectivity index (χ2n) is 7.38. The number of benzene rings is 2. The maximum atomic E-state index is 13.1. The molecule has 0 fully saturated rings. The topological polar surface area (TPSA) is 93.9 Å². The standard InChI is InChI=1S/C23H25FN4O3S2/c1-4-14-28-21(15-33(30,31)19-12-6-16(3)7-13-19)26-27-23(28)32-20(5-2)22(29)25-18-10-8-17(24)9-11-18/h4,6-13,20H,1,5,14-15H2,2-3H3,(H,25,29). The number of aromatic nitrogens is 3. The van der Waals surface area contributed by atoms with Crippen LogP contribution >= 0.6 is 11.8 Å². The van der Waals surface area contributed by atoms with Crippen LogP contribution in [0.4, 0.5) is 10.1 Å². The molecule has 3 aromatic rings. The first-order chi connectivity index (χ1) is 15.7. The van der Waals surface area contributed by atoms with Crippen LogP contribution in [0.15, 0.2) is 71.2 Å². The third kappa shape index (κ3) is 6.29. The van der Waals surface area contributed by atoms with Crippen molar-refractivity contribution >= 4 is 33.2 Å². The van der Waals surface area contributed by atoms with Gasteiger partial charge in [0.1, 0.15) is 17.4 Å². The third-order valence-electron chi connectivity index (χ3n) is 4.83. The fraction of sp³-hybridized carbons (Fsp3) is 0.261. The van der Waals surface area contributed by atoms with Gasteiger partial charge in [0.25, 0.3) is 0 Å². The van der Waals surface area contributed by atoms with Crippen LogP contribution in [-0.4, -0.2) is 34.3 Å². The minimum Gasteiger partial charge on any atom is -0.325 e. The maximum absolute atomic E-state index is 13.1. The largest absolute Gasteiger partial charge is 0.325 e. The Morgan fingerprint density at radius 3 is 2.45 bits per heavy atom. The molecule has 1 N–H and O–H groups in total. The van der Waals surface area contributed by atoms with E-state index in [0.29, 0.717) is 23.8 Å². The predicted molar refractivity (Wildman–Crippen MR) is 127 cm³/mol. The van der Waals surface area contributed by atoms with Gasteiger partial charge in [-0.2, -0.15) is 0 Å². The summed E-state index contributed by atoms with van der Waals surface area (Å²) in [5.41, 5.74) is 1.45. The van der Waals surface area contributed by atoms with E-state index in [1.807, 2.05) is 13.8 Å². The molecule has 1 unspecified atom stereocenters. The molecule has 0 aliphatic carbocycles. The van der Waals surface area contributed by atoms with Crippen LogP contribution in [0.2, 0.25) is 0 Å². The van der Waals surface area contributed by atoms with Crippen LogP contribution in [0.1, 0.15) is 24.7 Å². The van der Waals surface area contributed by atoms with Gasteiger partial charge in [0.05, 0.1) is 10.1 Å². The average Bonchev–Trinajstić information content (AvgIpc) is 3.14. The highest BCUT2D eigenvalue weighted by Gasteiger charge is 2.25. The number of amides is 1. The lowest BCUT2D eigenvalue weighted by Gasteiger charge is -2.15. The van der Waals surface area contributed by atoms with Crippen molar-refractivity contribution in [1.29, 1.82) is 0 Å². The molecule has 0 spiro atoms. The summed E-state index contributed by atoms with van der Waals surface area (Å²) in [6.45, 7) is 7.78. The Morgan fingerprint density at radius 2 is 1.85 bits per heavy atom. The molecule has 0 saturated heterocycles. The first-order valence-electron chi connectivity index (χ1n) is 10.3. The van der Waals surface area contributed by atoms with Crippen LogP contribution in [0.3, 0.4) is 0 Å². The van der Waals surface area contributed by atoms with Gasteiger partial charge < -0.3 is 9.88 Å². The first kappa shape index (κ1) is 24.7. The van der Waals surface area contributed by atoms with Crippen LogP contribution in [-0.2, 0) is 26.9 Å². The first-order valence-corrected chi connectivity index (χ1v) is 12.8. The predicted octanol–water partition coefficient (Wildman–Crippen LogP) is 4.39. The lowest BCUT2D eigenvalue weighted by atomic mass is 10.2. The lowest BCUT2D eigenvalue weighted by molar-refractivity contribution is -0.115. The van der Waals surface area contributed by atoms with E-state index in [4.69, 9.17) is 0 Å². The quantitative estimate of drug-likeness (QED) is 0.336. The molecular weight excluding hydrogens is 463 g/mol. The second kappa shape index (κ2) is 10.8. The molecule has 7 nitrogen and oxygen atoms in total. The molecule has 0 radical (unpaired) electrons. The highest BCUT2D eigenvalue weighted by Crippen LogP contribution is 2.27. The zero-order chi connectivity index (χ0) is 24.0. The maximum Gasteiger partial charge on any atom is 0.237 e. The van der Waals surface area contributed by atoms with Crippen LogP contribution < -0.4 is 5.32 Å². The summed E-state index contributed by atoms with van der Waals surface area (Å²) in [5, 5.41) is 10.9. The Bertz CT molecular complexity index is 1220. The van der Waals surface area contributed by atoms with Crippen LogP contribution in [0, 0.1) is 12.7 Å². The van der Waals surface area contributed by atoms with Crippen LogP contribution in [0.5, 0.6) is 0 Å². The molecule has 1 heterocycles. The number of anilines is 1.